The van der Waals surface area contributed by atoms with Gasteiger partial charge in [-0.1, -0.05) is 33.6 Å². The van der Waals surface area contributed by atoms with Crippen LogP contribution in [0.15, 0.2) is 58.5 Å². The standard InChI is InChI=1S/C17H12BrClN2OS/c18-12-3-4-14(19)13(9-12)17(22)21-10-11-5-6-20-15(8-11)16-2-1-7-23-16/h1-9H,10H2,(H,21,22). The molecule has 2 aromatic heterocycles. The van der Waals surface area contributed by atoms with Crippen molar-refractivity contribution in [1.29, 1.82) is 0 Å². The van der Waals surface area contributed by atoms with Crippen LogP contribution in [0.5, 0.6) is 0 Å². The monoisotopic (exact) mass is 406 g/mol. The zero-order valence-corrected chi connectivity index (χ0v) is 15.1. The summed E-state index contributed by atoms with van der Waals surface area (Å²) in [6, 6.07) is 13.1. The lowest BCUT2D eigenvalue weighted by atomic mass is 10.2. The zero-order valence-electron chi connectivity index (χ0n) is 11.9. The van der Waals surface area contributed by atoms with Crippen molar-refractivity contribution in [2.45, 2.75) is 6.54 Å². The summed E-state index contributed by atoms with van der Waals surface area (Å²) in [6.07, 6.45) is 1.75. The van der Waals surface area contributed by atoms with E-state index in [1.165, 1.54) is 0 Å². The fourth-order valence-electron chi connectivity index (χ4n) is 2.09. The van der Waals surface area contributed by atoms with E-state index in [-0.39, 0.29) is 5.91 Å². The number of thiophene rings is 1. The van der Waals surface area contributed by atoms with Gasteiger partial charge in [-0.2, -0.15) is 0 Å². The third-order valence-electron chi connectivity index (χ3n) is 3.22. The molecular formula is C17H12BrClN2OS. The summed E-state index contributed by atoms with van der Waals surface area (Å²) >= 11 is 11.1. The van der Waals surface area contributed by atoms with Crippen LogP contribution < -0.4 is 5.32 Å². The van der Waals surface area contributed by atoms with Gasteiger partial charge in [0.05, 0.1) is 21.2 Å². The largest absolute Gasteiger partial charge is 0.348 e. The van der Waals surface area contributed by atoms with Crippen molar-refractivity contribution < 1.29 is 4.79 Å². The molecule has 0 radical (unpaired) electrons. The number of carbonyl (C=O) groups is 1. The van der Waals surface area contributed by atoms with Crippen LogP contribution in [0.4, 0.5) is 0 Å². The summed E-state index contributed by atoms with van der Waals surface area (Å²) < 4.78 is 0.816. The van der Waals surface area contributed by atoms with E-state index >= 15 is 0 Å². The number of benzene rings is 1. The minimum atomic E-state index is -0.203. The van der Waals surface area contributed by atoms with E-state index in [1.54, 1.807) is 35.7 Å². The Balaban J connectivity index is 1.72. The number of carbonyl (C=O) groups excluding carboxylic acids is 1. The number of amides is 1. The average molecular weight is 408 g/mol. The fraction of sp³-hybridized carbons (Fsp3) is 0.0588. The highest BCUT2D eigenvalue weighted by Crippen LogP contribution is 2.23. The summed E-state index contributed by atoms with van der Waals surface area (Å²) in [5.74, 6) is -0.203. The molecule has 3 nitrogen and oxygen atoms in total. The van der Waals surface area contributed by atoms with Crippen LogP contribution in [0.2, 0.25) is 5.02 Å². The molecule has 0 saturated heterocycles. The number of nitrogens with one attached hydrogen (secondary N) is 1. The van der Waals surface area contributed by atoms with Gasteiger partial charge in [0, 0.05) is 17.2 Å². The first kappa shape index (κ1) is 16.2. The van der Waals surface area contributed by atoms with Gasteiger partial charge in [0.25, 0.3) is 5.91 Å². The number of nitrogens with zero attached hydrogens (tertiary/aromatic N) is 1. The van der Waals surface area contributed by atoms with Crippen molar-refractivity contribution in [3.63, 3.8) is 0 Å². The molecule has 23 heavy (non-hydrogen) atoms. The predicted molar refractivity (Wildman–Crippen MR) is 97.9 cm³/mol. The fourth-order valence-corrected chi connectivity index (χ4v) is 3.35. The minimum absolute atomic E-state index is 0.203. The maximum atomic E-state index is 12.3. The van der Waals surface area contributed by atoms with E-state index in [4.69, 9.17) is 11.6 Å². The Morgan fingerprint density at radius 3 is 2.91 bits per heavy atom. The number of hydrogen-bond donors (Lipinski definition) is 1. The van der Waals surface area contributed by atoms with E-state index in [0.29, 0.717) is 17.1 Å². The molecule has 0 aliphatic rings. The van der Waals surface area contributed by atoms with Crippen LogP contribution in [0, 0.1) is 0 Å². The van der Waals surface area contributed by atoms with Gasteiger partial charge in [-0.25, -0.2) is 0 Å². The number of pyridine rings is 1. The van der Waals surface area contributed by atoms with Crippen molar-refractivity contribution in [2.24, 2.45) is 0 Å². The highest BCUT2D eigenvalue weighted by Gasteiger charge is 2.11. The zero-order chi connectivity index (χ0) is 16.2. The molecule has 3 aromatic rings. The van der Waals surface area contributed by atoms with Crippen LogP contribution in [-0.2, 0) is 6.54 Å². The van der Waals surface area contributed by atoms with Crippen molar-refractivity contribution in [3.8, 4) is 10.6 Å². The molecule has 116 valence electrons. The lowest BCUT2D eigenvalue weighted by Gasteiger charge is -2.08. The normalized spacial score (nSPS) is 10.5. The Bertz CT molecular complexity index is 836. The Morgan fingerprint density at radius 2 is 2.13 bits per heavy atom. The van der Waals surface area contributed by atoms with E-state index in [1.807, 2.05) is 29.6 Å². The number of hydrogen-bond acceptors (Lipinski definition) is 3. The number of aromatic nitrogens is 1. The molecule has 2 heterocycles. The smallest absolute Gasteiger partial charge is 0.253 e. The average Bonchev–Trinajstić information content (AvgIpc) is 3.10. The number of rotatable bonds is 4. The van der Waals surface area contributed by atoms with Gasteiger partial charge in [0.2, 0.25) is 0 Å². The minimum Gasteiger partial charge on any atom is -0.348 e. The second-order valence-electron chi connectivity index (χ2n) is 4.83. The molecule has 0 fully saturated rings. The third kappa shape index (κ3) is 3.99. The molecule has 0 atom stereocenters. The van der Waals surface area contributed by atoms with E-state index in [2.05, 4.69) is 26.2 Å². The van der Waals surface area contributed by atoms with E-state index < -0.39 is 0 Å². The highest BCUT2D eigenvalue weighted by molar-refractivity contribution is 9.10. The first-order valence-corrected chi connectivity index (χ1v) is 8.90. The molecule has 0 spiro atoms. The van der Waals surface area contributed by atoms with Gasteiger partial charge in [0.15, 0.2) is 0 Å². The summed E-state index contributed by atoms with van der Waals surface area (Å²) in [4.78, 5) is 17.7. The molecule has 1 N–H and O–H groups in total. The summed E-state index contributed by atoms with van der Waals surface area (Å²) in [7, 11) is 0. The lowest BCUT2D eigenvalue weighted by molar-refractivity contribution is 0.0951. The van der Waals surface area contributed by atoms with Gasteiger partial charge in [-0.15, -0.1) is 11.3 Å². The van der Waals surface area contributed by atoms with Crippen LogP contribution in [0.25, 0.3) is 10.6 Å². The van der Waals surface area contributed by atoms with Gasteiger partial charge >= 0.3 is 0 Å². The molecule has 0 unspecified atom stereocenters. The van der Waals surface area contributed by atoms with Crippen molar-refractivity contribution in [1.82, 2.24) is 10.3 Å². The second kappa shape index (κ2) is 7.25. The first-order valence-electron chi connectivity index (χ1n) is 6.85. The van der Waals surface area contributed by atoms with E-state index in [0.717, 1.165) is 20.6 Å². The Hall–Kier alpha value is -1.69. The van der Waals surface area contributed by atoms with Crippen LogP contribution in [-0.4, -0.2) is 10.9 Å². The quantitative estimate of drug-likeness (QED) is 0.649. The molecule has 0 aliphatic heterocycles. The second-order valence-corrected chi connectivity index (χ2v) is 7.10. The van der Waals surface area contributed by atoms with Gasteiger partial charge in [-0.3, -0.25) is 9.78 Å². The van der Waals surface area contributed by atoms with Gasteiger partial charge in [-0.05, 0) is 47.3 Å². The van der Waals surface area contributed by atoms with Crippen LogP contribution in [0.3, 0.4) is 0 Å². The Kier molecular flexibility index (Phi) is 5.10. The summed E-state index contributed by atoms with van der Waals surface area (Å²) in [5.41, 5.74) is 2.35. The SMILES string of the molecule is O=C(NCc1ccnc(-c2cccs2)c1)c1cc(Br)ccc1Cl. The molecule has 0 aliphatic carbocycles. The molecule has 0 bridgehead atoms. The summed E-state index contributed by atoms with van der Waals surface area (Å²) in [6.45, 7) is 0.419. The lowest BCUT2D eigenvalue weighted by Crippen LogP contribution is -2.23. The Labute approximate surface area is 151 Å². The number of halogens is 2. The molecule has 1 aromatic carbocycles. The van der Waals surface area contributed by atoms with Crippen molar-refractivity contribution in [3.05, 3.63) is 74.7 Å². The molecule has 6 heteroatoms. The van der Waals surface area contributed by atoms with E-state index in [9.17, 15) is 4.79 Å². The third-order valence-corrected chi connectivity index (χ3v) is 4.94. The maximum absolute atomic E-state index is 12.3. The molecule has 0 saturated carbocycles. The topological polar surface area (TPSA) is 42.0 Å². The first-order chi connectivity index (χ1) is 11.1. The maximum Gasteiger partial charge on any atom is 0.253 e. The van der Waals surface area contributed by atoms with Gasteiger partial charge < -0.3 is 5.32 Å². The molecule has 1 amide bonds. The van der Waals surface area contributed by atoms with Gasteiger partial charge in [0.1, 0.15) is 0 Å². The molecule has 3 rings (SSSR count). The van der Waals surface area contributed by atoms with Crippen LogP contribution >= 0.6 is 38.9 Å². The van der Waals surface area contributed by atoms with Crippen LogP contribution in [0.1, 0.15) is 15.9 Å². The highest BCUT2D eigenvalue weighted by atomic mass is 79.9. The van der Waals surface area contributed by atoms with Crippen molar-refractivity contribution >= 4 is 44.8 Å². The molecular weight excluding hydrogens is 396 g/mol. The summed E-state index contributed by atoms with van der Waals surface area (Å²) in [5, 5.41) is 5.33. The predicted octanol–water partition coefficient (Wildman–Crippen LogP) is 5.16. The van der Waals surface area contributed by atoms with Crippen molar-refractivity contribution in [2.75, 3.05) is 0 Å². The Morgan fingerprint density at radius 1 is 1.26 bits per heavy atom.